The molecule has 1 atom stereocenters. The lowest BCUT2D eigenvalue weighted by Gasteiger charge is -2.42. The first kappa shape index (κ1) is 17.3. The van der Waals surface area contributed by atoms with Gasteiger partial charge >= 0.3 is 6.03 Å². The van der Waals surface area contributed by atoms with Gasteiger partial charge in [0.05, 0.1) is 20.3 Å². The average molecular weight is 344 g/mol. The Bertz CT molecular complexity index is 767. The van der Waals surface area contributed by atoms with Crippen LogP contribution >= 0.6 is 0 Å². The van der Waals surface area contributed by atoms with Crippen molar-refractivity contribution < 1.29 is 19.1 Å². The Labute approximate surface area is 147 Å². The number of carbonyl (C=O) groups excluding carboxylic acids is 2. The molecule has 25 heavy (non-hydrogen) atoms. The number of ketones is 1. The van der Waals surface area contributed by atoms with Gasteiger partial charge in [-0.1, -0.05) is 13.8 Å². The van der Waals surface area contributed by atoms with E-state index in [1.165, 1.54) is 0 Å². The molecule has 134 valence electrons. The van der Waals surface area contributed by atoms with Gasteiger partial charge in [0.25, 0.3) is 0 Å². The second-order valence-electron chi connectivity index (χ2n) is 7.35. The molecular formula is C19H24N2O4. The zero-order chi connectivity index (χ0) is 18.4. The van der Waals surface area contributed by atoms with E-state index in [1.807, 2.05) is 6.07 Å². The van der Waals surface area contributed by atoms with Crippen molar-refractivity contribution in [3.63, 3.8) is 0 Å². The summed E-state index contributed by atoms with van der Waals surface area (Å²) in [6, 6.07) is 4.63. The Morgan fingerprint density at radius 2 is 1.88 bits per heavy atom. The molecule has 0 spiro atoms. The zero-order valence-electron chi connectivity index (χ0n) is 15.3. The highest BCUT2D eigenvalue weighted by Gasteiger charge is 2.43. The number of hydrogen-bond acceptors (Lipinski definition) is 4. The fraction of sp³-hybridized carbons (Fsp3) is 0.474. The number of Topliss-reactive ketones (excluding diaryl/α,β-unsaturated/α-hetero) is 1. The summed E-state index contributed by atoms with van der Waals surface area (Å²) in [5, 5.41) is 2.94. The highest BCUT2D eigenvalue weighted by Crippen LogP contribution is 2.45. The predicted molar refractivity (Wildman–Crippen MR) is 93.6 cm³/mol. The molecule has 1 aliphatic heterocycles. The largest absolute Gasteiger partial charge is 0.497 e. The van der Waals surface area contributed by atoms with Crippen LogP contribution < -0.4 is 14.8 Å². The number of nitrogens with zero attached hydrogens (tertiary/aromatic N) is 1. The number of allylic oxidation sites excluding steroid dienone is 1. The maximum absolute atomic E-state index is 12.9. The van der Waals surface area contributed by atoms with Gasteiger partial charge in [0.2, 0.25) is 0 Å². The molecule has 3 rings (SSSR count). The maximum atomic E-state index is 12.9. The molecular weight excluding hydrogens is 320 g/mol. The Kier molecular flexibility index (Phi) is 4.22. The SMILES string of the molecule is COc1ccc(OC)c(C2NC(=O)N(C)C3=C2C(=O)CC(C)(C)C3)c1. The van der Waals surface area contributed by atoms with Gasteiger partial charge in [0.1, 0.15) is 11.5 Å². The number of urea groups is 1. The van der Waals surface area contributed by atoms with Crippen molar-refractivity contribution in [2.24, 2.45) is 5.41 Å². The summed E-state index contributed by atoms with van der Waals surface area (Å²) in [6.45, 7) is 4.10. The summed E-state index contributed by atoms with van der Waals surface area (Å²) in [7, 11) is 4.86. The Balaban J connectivity index is 2.18. The Morgan fingerprint density at radius 3 is 2.52 bits per heavy atom. The number of ether oxygens (including phenoxy) is 2. The number of rotatable bonds is 3. The van der Waals surface area contributed by atoms with Crippen LogP contribution in [0.2, 0.25) is 0 Å². The smallest absolute Gasteiger partial charge is 0.322 e. The number of amides is 2. The standard InChI is InChI=1S/C19H24N2O4/c1-19(2)9-13-16(14(22)10-19)17(20-18(23)21(13)3)12-8-11(24-4)6-7-15(12)25-5/h6-8,17H,9-10H2,1-5H3,(H,20,23). The molecule has 1 unspecified atom stereocenters. The molecule has 0 bridgehead atoms. The Morgan fingerprint density at radius 1 is 1.16 bits per heavy atom. The van der Waals surface area contributed by atoms with Gasteiger partial charge in [0.15, 0.2) is 5.78 Å². The molecule has 6 heteroatoms. The van der Waals surface area contributed by atoms with Crippen molar-refractivity contribution in [2.75, 3.05) is 21.3 Å². The first-order valence-corrected chi connectivity index (χ1v) is 8.30. The third-order valence-electron chi connectivity index (χ3n) is 4.91. The van der Waals surface area contributed by atoms with Crippen molar-refractivity contribution in [1.29, 1.82) is 0 Å². The van der Waals surface area contributed by atoms with Gasteiger partial charge in [-0.25, -0.2) is 4.79 Å². The minimum atomic E-state index is -0.535. The Hall–Kier alpha value is -2.50. The molecule has 2 amide bonds. The molecule has 0 radical (unpaired) electrons. The van der Waals surface area contributed by atoms with E-state index in [4.69, 9.17) is 9.47 Å². The van der Waals surface area contributed by atoms with Crippen molar-refractivity contribution in [2.45, 2.75) is 32.7 Å². The zero-order valence-corrected chi connectivity index (χ0v) is 15.3. The molecule has 0 fully saturated rings. The highest BCUT2D eigenvalue weighted by molar-refractivity contribution is 6.01. The monoisotopic (exact) mass is 344 g/mol. The first-order chi connectivity index (χ1) is 11.8. The van der Waals surface area contributed by atoms with Crippen LogP contribution in [0.3, 0.4) is 0 Å². The van der Waals surface area contributed by atoms with Crippen LogP contribution in [0.5, 0.6) is 11.5 Å². The molecule has 1 heterocycles. The molecule has 1 aliphatic carbocycles. The number of methoxy groups -OCH3 is 2. The summed E-state index contributed by atoms with van der Waals surface area (Å²) >= 11 is 0. The molecule has 1 aromatic rings. The molecule has 6 nitrogen and oxygen atoms in total. The van der Waals surface area contributed by atoms with E-state index in [0.717, 1.165) is 11.3 Å². The lowest BCUT2D eigenvalue weighted by Crippen LogP contribution is -2.49. The van der Waals surface area contributed by atoms with Crippen molar-refractivity contribution in [3.8, 4) is 11.5 Å². The minimum absolute atomic E-state index is 0.0629. The van der Waals surface area contributed by atoms with Gasteiger partial charge in [-0.15, -0.1) is 0 Å². The lowest BCUT2D eigenvalue weighted by molar-refractivity contribution is -0.118. The van der Waals surface area contributed by atoms with Crippen molar-refractivity contribution in [3.05, 3.63) is 35.0 Å². The molecule has 2 aliphatic rings. The lowest BCUT2D eigenvalue weighted by atomic mass is 9.72. The van der Waals surface area contributed by atoms with Crippen LogP contribution in [0.1, 0.15) is 38.3 Å². The second-order valence-corrected chi connectivity index (χ2v) is 7.35. The first-order valence-electron chi connectivity index (χ1n) is 8.30. The summed E-state index contributed by atoms with van der Waals surface area (Å²) in [5.41, 5.74) is 2.00. The number of hydrogen-bond donors (Lipinski definition) is 1. The van der Waals surface area contributed by atoms with E-state index in [0.29, 0.717) is 29.9 Å². The summed E-state index contributed by atoms with van der Waals surface area (Å²) in [4.78, 5) is 27.0. The molecule has 1 N–H and O–H groups in total. The minimum Gasteiger partial charge on any atom is -0.497 e. The summed E-state index contributed by atoms with van der Waals surface area (Å²) in [5.74, 6) is 1.32. The van der Waals surface area contributed by atoms with E-state index in [-0.39, 0.29) is 17.2 Å². The summed E-state index contributed by atoms with van der Waals surface area (Å²) in [6.07, 6.45) is 1.14. The number of benzene rings is 1. The van der Waals surface area contributed by atoms with E-state index in [9.17, 15) is 9.59 Å². The second kappa shape index (κ2) is 6.10. The molecule has 1 aromatic carbocycles. The van der Waals surface area contributed by atoms with Crippen LogP contribution in [0.15, 0.2) is 29.5 Å². The van der Waals surface area contributed by atoms with Gasteiger partial charge in [-0.3, -0.25) is 4.79 Å². The summed E-state index contributed by atoms with van der Waals surface area (Å²) < 4.78 is 10.8. The number of carbonyl (C=O) groups is 2. The van der Waals surface area contributed by atoms with E-state index in [1.54, 1.807) is 38.3 Å². The van der Waals surface area contributed by atoms with E-state index >= 15 is 0 Å². The molecule has 0 aromatic heterocycles. The van der Waals surface area contributed by atoms with Crippen LogP contribution in [0, 0.1) is 5.41 Å². The van der Waals surface area contributed by atoms with Crippen molar-refractivity contribution in [1.82, 2.24) is 10.2 Å². The normalized spacial score (nSPS) is 22.4. The fourth-order valence-corrected chi connectivity index (χ4v) is 3.64. The van der Waals surface area contributed by atoms with Gasteiger partial charge < -0.3 is 19.7 Å². The van der Waals surface area contributed by atoms with Crippen molar-refractivity contribution >= 4 is 11.8 Å². The van der Waals surface area contributed by atoms with Gasteiger partial charge in [0, 0.05) is 30.3 Å². The van der Waals surface area contributed by atoms with Crippen LogP contribution in [0.25, 0.3) is 0 Å². The van der Waals surface area contributed by atoms with Crippen LogP contribution in [-0.2, 0) is 4.79 Å². The highest BCUT2D eigenvalue weighted by atomic mass is 16.5. The molecule has 0 saturated carbocycles. The quantitative estimate of drug-likeness (QED) is 0.915. The third-order valence-corrected chi connectivity index (χ3v) is 4.91. The predicted octanol–water partition coefficient (Wildman–Crippen LogP) is 3.04. The van der Waals surface area contributed by atoms with E-state index in [2.05, 4.69) is 19.2 Å². The van der Waals surface area contributed by atoms with Gasteiger partial charge in [-0.2, -0.15) is 0 Å². The van der Waals surface area contributed by atoms with Gasteiger partial charge in [-0.05, 0) is 30.0 Å². The number of nitrogens with one attached hydrogen (secondary N) is 1. The average Bonchev–Trinajstić information content (AvgIpc) is 2.56. The third kappa shape index (κ3) is 2.97. The van der Waals surface area contributed by atoms with Crippen LogP contribution in [0.4, 0.5) is 4.79 Å². The maximum Gasteiger partial charge on any atom is 0.322 e. The van der Waals surface area contributed by atoms with E-state index < -0.39 is 6.04 Å². The molecule has 0 saturated heterocycles. The topological polar surface area (TPSA) is 67.9 Å². The fourth-order valence-electron chi connectivity index (χ4n) is 3.64. The van der Waals surface area contributed by atoms with Crippen LogP contribution in [-0.4, -0.2) is 38.0 Å².